The summed E-state index contributed by atoms with van der Waals surface area (Å²) in [5.74, 6) is -2.78. The maximum atomic E-state index is 13.9. The van der Waals surface area contributed by atoms with Gasteiger partial charge in [-0.05, 0) is 49.7 Å². The monoisotopic (exact) mass is 430 g/mol. The Kier molecular flexibility index (Phi) is 6.17. The second-order valence-corrected chi connectivity index (χ2v) is 8.62. The topological polar surface area (TPSA) is 66.5 Å². The third kappa shape index (κ3) is 4.49. The second-order valence-electron chi connectivity index (χ2n) is 6.76. The van der Waals surface area contributed by atoms with Crippen molar-refractivity contribution < 1.29 is 22.0 Å². The van der Waals surface area contributed by atoms with Gasteiger partial charge in [-0.25, -0.2) is 17.2 Å². The van der Waals surface area contributed by atoms with Gasteiger partial charge in [-0.3, -0.25) is 9.10 Å². The van der Waals surface area contributed by atoms with Gasteiger partial charge in [0.2, 0.25) is 5.91 Å². The number of carbonyl (C=O) groups excluding carboxylic acids is 1. The summed E-state index contributed by atoms with van der Waals surface area (Å²) in [6.45, 7) is 2.88. The van der Waals surface area contributed by atoms with E-state index in [1.54, 1.807) is 43.3 Å². The standard InChI is InChI=1S/C22H20F2N2O3S/c1-15-10-12-17(13-11-15)30(28,29)26(20-9-4-3-6-16(20)2)14-21(27)25-22-18(23)7-5-8-19(22)24/h3-13H,14H2,1-2H3,(H,25,27). The van der Waals surface area contributed by atoms with E-state index in [1.807, 2.05) is 6.92 Å². The van der Waals surface area contributed by atoms with E-state index < -0.39 is 39.8 Å². The molecule has 0 bridgehead atoms. The largest absolute Gasteiger partial charge is 0.320 e. The van der Waals surface area contributed by atoms with Gasteiger partial charge >= 0.3 is 0 Å². The van der Waals surface area contributed by atoms with E-state index in [0.29, 0.717) is 11.3 Å². The highest BCUT2D eigenvalue weighted by molar-refractivity contribution is 7.92. The first-order valence-electron chi connectivity index (χ1n) is 9.09. The molecule has 30 heavy (non-hydrogen) atoms. The van der Waals surface area contributed by atoms with Gasteiger partial charge in [0, 0.05) is 0 Å². The summed E-state index contributed by atoms with van der Waals surface area (Å²) in [5.41, 5.74) is 1.17. The number of nitrogens with one attached hydrogen (secondary N) is 1. The molecule has 0 saturated heterocycles. The Bertz CT molecular complexity index is 1160. The zero-order chi connectivity index (χ0) is 21.9. The zero-order valence-electron chi connectivity index (χ0n) is 16.4. The summed E-state index contributed by atoms with van der Waals surface area (Å²) in [7, 11) is -4.12. The smallest absolute Gasteiger partial charge is 0.264 e. The summed E-state index contributed by atoms with van der Waals surface area (Å²) in [6.07, 6.45) is 0. The van der Waals surface area contributed by atoms with Gasteiger partial charge in [0.15, 0.2) is 0 Å². The summed E-state index contributed by atoms with van der Waals surface area (Å²) < 4.78 is 55.3. The normalized spacial score (nSPS) is 11.2. The van der Waals surface area contributed by atoms with Crippen molar-refractivity contribution in [1.82, 2.24) is 0 Å². The summed E-state index contributed by atoms with van der Waals surface area (Å²) in [6, 6.07) is 16.0. The van der Waals surface area contributed by atoms with Crippen LogP contribution in [0.5, 0.6) is 0 Å². The lowest BCUT2D eigenvalue weighted by Gasteiger charge is -2.25. The molecule has 0 radical (unpaired) electrons. The van der Waals surface area contributed by atoms with Crippen LogP contribution in [0.1, 0.15) is 11.1 Å². The van der Waals surface area contributed by atoms with Crippen molar-refractivity contribution in [3.05, 3.63) is 89.5 Å². The van der Waals surface area contributed by atoms with Crippen LogP contribution in [0.3, 0.4) is 0 Å². The molecule has 1 N–H and O–H groups in total. The Morgan fingerprint density at radius 3 is 2.10 bits per heavy atom. The molecule has 0 aliphatic rings. The highest BCUT2D eigenvalue weighted by Gasteiger charge is 2.28. The lowest BCUT2D eigenvalue weighted by molar-refractivity contribution is -0.114. The van der Waals surface area contributed by atoms with Gasteiger partial charge in [-0.1, -0.05) is 42.0 Å². The van der Waals surface area contributed by atoms with Crippen LogP contribution in [0.2, 0.25) is 0 Å². The van der Waals surface area contributed by atoms with Crippen molar-refractivity contribution in [2.75, 3.05) is 16.2 Å². The van der Waals surface area contributed by atoms with E-state index in [0.717, 1.165) is 22.0 Å². The Labute approximate surface area is 174 Å². The number of para-hydroxylation sites is 2. The van der Waals surface area contributed by atoms with Crippen LogP contribution < -0.4 is 9.62 Å². The van der Waals surface area contributed by atoms with E-state index in [9.17, 15) is 22.0 Å². The number of benzene rings is 3. The summed E-state index contributed by atoms with van der Waals surface area (Å²) >= 11 is 0. The minimum absolute atomic E-state index is 0.00113. The van der Waals surface area contributed by atoms with Gasteiger partial charge in [-0.2, -0.15) is 0 Å². The molecule has 0 fully saturated rings. The van der Waals surface area contributed by atoms with E-state index >= 15 is 0 Å². The number of hydrogen-bond acceptors (Lipinski definition) is 3. The molecule has 0 heterocycles. The van der Waals surface area contributed by atoms with Crippen LogP contribution >= 0.6 is 0 Å². The van der Waals surface area contributed by atoms with Gasteiger partial charge in [0.05, 0.1) is 10.6 Å². The van der Waals surface area contributed by atoms with Crippen LogP contribution in [-0.2, 0) is 14.8 Å². The fourth-order valence-corrected chi connectivity index (χ4v) is 4.39. The highest BCUT2D eigenvalue weighted by atomic mass is 32.2. The highest BCUT2D eigenvalue weighted by Crippen LogP contribution is 2.27. The molecule has 0 spiro atoms. The Morgan fingerprint density at radius 2 is 1.50 bits per heavy atom. The molecule has 0 unspecified atom stereocenters. The number of aryl methyl sites for hydroxylation is 2. The minimum Gasteiger partial charge on any atom is -0.320 e. The molecular formula is C22H20F2N2O3S. The van der Waals surface area contributed by atoms with Crippen molar-refractivity contribution in [3.63, 3.8) is 0 Å². The number of carbonyl (C=O) groups is 1. The molecule has 3 aromatic rings. The van der Waals surface area contributed by atoms with Gasteiger partial charge < -0.3 is 5.32 Å². The Balaban J connectivity index is 1.99. The average molecular weight is 430 g/mol. The van der Waals surface area contributed by atoms with Crippen molar-refractivity contribution in [3.8, 4) is 0 Å². The number of halogens is 2. The summed E-state index contributed by atoms with van der Waals surface area (Å²) in [4.78, 5) is 12.6. The Morgan fingerprint density at radius 1 is 0.900 bits per heavy atom. The van der Waals surface area contributed by atoms with E-state index in [1.165, 1.54) is 18.2 Å². The fourth-order valence-electron chi connectivity index (χ4n) is 2.91. The summed E-state index contributed by atoms with van der Waals surface area (Å²) in [5, 5.41) is 2.14. The molecule has 0 aliphatic heterocycles. The predicted octanol–water partition coefficient (Wildman–Crippen LogP) is 4.42. The van der Waals surface area contributed by atoms with Crippen molar-refractivity contribution in [2.45, 2.75) is 18.7 Å². The first kappa shape index (κ1) is 21.4. The number of nitrogens with zero attached hydrogens (tertiary/aromatic N) is 1. The quantitative estimate of drug-likeness (QED) is 0.630. The molecule has 156 valence electrons. The molecular weight excluding hydrogens is 410 g/mol. The molecule has 5 nitrogen and oxygen atoms in total. The number of anilines is 2. The van der Waals surface area contributed by atoms with E-state index in [4.69, 9.17) is 0 Å². The van der Waals surface area contributed by atoms with Crippen molar-refractivity contribution in [1.29, 1.82) is 0 Å². The number of rotatable bonds is 6. The van der Waals surface area contributed by atoms with Gasteiger partial charge in [0.25, 0.3) is 10.0 Å². The maximum Gasteiger partial charge on any atom is 0.264 e. The van der Waals surface area contributed by atoms with Crippen molar-refractivity contribution in [2.24, 2.45) is 0 Å². The lowest BCUT2D eigenvalue weighted by Crippen LogP contribution is -2.38. The van der Waals surface area contributed by atoms with Crippen molar-refractivity contribution >= 4 is 27.3 Å². The van der Waals surface area contributed by atoms with Gasteiger partial charge in [0.1, 0.15) is 23.9 Å². The maximum absolute atomic E-state index is 13.9. The zero-order valence-corrected chi connectivity index (χ0v) is 17.2. The first-order chi connectivity index (χ1) is 14.2. The van der Waals surface area contributed by atoms with Gasteiger partial charge in [-0.15, -0.1) is 0 Å². The molecule has 0 saturated carbocycles. The molecule has 0 aromatic heterocycles. The molecule has 0 aliphatic carbocycles. The molecule has 3 aromatic carbocycles. The van der Waals surface area contributed by atoms with Crippen LogP contribution in [-0.4, -0.2) is 20.9 Å². The average Bonchev–Trinajstić information content (AvgIpc) is 2.70. The number of hydrogen-bond donors (Lipinski definition) is 1. The fraction of sp³-hybridized carbons (Fsp3) is 0.136. The molecule has 0 atom stereocenters. The lowest BCUT2D eigenvalue weighted by atomic mass is 10.2. The van der Waals surface area contributed by atoms with Crippen LogP contribution in [0.25, 0.3) is 0 Å². The van der Waals surface area contributed by atoms with E-state index in [-0.39, 0.29) is 4.90 Å². The number of sulfonamides is 1. The second kappa shape index (κ2) is 8.62. The predicted molar refractivity (Wildman–Crippen MR) is 112 cm³/mol. The molecule has 1 amide bonds. The van der Waals surface area contributed by atoms with Crippen LogP contribution in [0.4, 0.5) is 20.2 Å². The number of amides is 1. The first-order valence-corrected chi connectivity index (χ1v) is 10.5. The minimum atomic E-state index is -4.12. The molecule has 3 rings (SSSR count). The Hall–Kier alpha value is -3.26. The SMILES string of the molecule is Cc1ccc(S(=O)(=O)N(CC(=O)Nc2c(F)cccc2F)c2ccccc2C)cc1. The third-order valence-corrected chi connectivity index (χ3v) is 6.28. The van der Waals surface area contributed by atoms with E-state index in [2.05, 4.69) is 5.32 Å². The third-order valence-electron chi connectivity index (χ3n) is 4.51. The van der Waals surface area contributed by atoms with Crippen LogP contribution in [0, 0.1) is 25.5 Å². The molecule has 8 heteroatoms. The van der Waals surface area contributed by atoms with Crippen LogP contribution in [0.15, 0.2) is 71.6 Å².